The fourth-order valence-electron chi connectivity index (χ4n) is 2.70. The Labute approximate surface area is 130 Å². The normalized spacial score (nSPS) is 27.5. The molecular weight excluding hydrogens is 290 g/mol. The second-order valence-corrected chi connectivity index (χ2v) is 5.80. The van der Waals surface area contributed by atoms with Crippen molar-refractivity contribution in [3.63, 3.8) is 0 Å². The quantitative estimate of drug-likeness (QED) is 0.520. The number of carboxylic acid groups (broad SMARTS) is 1. The molecule has 2 fully saturated rings. The van der Waals surface area contributed by atoms with Gasteiger partial charge in [0.2, 0.25) is 5.91 Å². The SMILES string of the molecule is CN1CCCN(CC(=O)N2CC[C@H](O)[C@@H](O)C2)CC1.O=CO. The summed E-state index contributed by atoms with van der Waals surface area (Å²) in [6.07, 6.45) is 0.0738. The second kappa shape index (κ2) is 9.73. The van der Waals surface area contributed by atoms with Crippen molar-refractivity contribution in [1.82, 2.24) is 14.7 Å². The van der Waals surface area contributed by atoms with Crippen LogP contribution in [0.4, 0.5) is 0 Å². The average Bonchev–Trinajstić information content (AvgIpc) is 2.67. The van der Waals surface area contributed by atoms with Crippen molar-refractivity contribution < 1.29 is 24.9 Å². The van der Waals surface area contributed by atoms with Gasteiger partial charge in [-0.2, -0.15) is 0 Å². The van der Waals surface area contributed by atoms with Gasteiger partial charge in [0.25, 0.3) is 6.47 Å². The Hall–Kier alpha value is -1.22. The monoisotopic (exact) mass is 317 g/mol. The molecule has 2 aliphatic heterocycles. The summed E-state index contributed by atoms with van der Waals surface area (Å²) in [5, 5.41) is 26.0. The molecule has 0 bridgehead atoms. The van der Waals surface area contributed by atoms with Crippen LogP contribution in [0.3, 0.4) is 0 Å². The molecule has 0 unspecified atom stereocenters. The molecule has 0 aliphatic carbocycles. The van der Waals surface area contributed by atoms with Crippen molar-refractivity contribution in [3.8, 4) is 0 Å². The molecule has 0 aromatic carbocycles. The van der Waals surface area contributed by atoms with Crippen LogP contribution in [-0.2, 0) is 9.59 Å². The van der Waals surface area contributed by atoms with Gasteiger partial charge in [0.15, 0.2) is 0 Å². The van der Waals surface area contributed by atoms with E-state index in [-0.39, 0.29) is 18.9 Å². The summed E-state index contributed by atoms with van der Waals surface area (Å²) in [6, 6.07) is 0. The van der Waals surface area contributed by atoms with E-state index in [1.54, 1.807) is 4.90 Å². The highest BCUT2D eigenvalue weighted by Crippen LogP contribution is 2.12. The lowest BCUT2D eigenvalue weighted by Gasteiger charge is -2.34. The van der Waals surface area contributed by atoms with Crippen LogP contribution in [-0.4, -0.2) is 107 Å². The van der Waals surface area contributed by atoms with Gasteiger partial charge < -0.3 is 25.1 Å². The van der Waals surface area contributed by atoms with Gasteiger partial charge in [-0.15, -0.1) is 0 Å². The maximum atomic E-state index is 12.2. The first-order valence-corrected chi connectivity index (χ1v) is 7.60. The molecule has 2 atom stereocenters. The molecule has 22 heavy (non-hydrogen) atoms. The fourth-order valence-corrected chi connectivity index (χ4v) is 2.70. The van der Waals surface area contributed by atoms with E-state index in [4.69, 9.17) is 9.90 Å². The van der Waals surface area contributed by atoms with Crippen LogP contribution < -0.4 is 0 Å². The lowest BCUT2D eigenvalue weighted by atomic mass is 10.1. The van der Waals surface area contributed by atoms with E-state index in [0.29, 0.717) is 19.5 Å². The zero-order chi connectivity index (χ0) is 16.5. The smallest absolute Gasteiger partial charge is 0.290 e. The van der Waals surface area contributed by atoms with Crippen molar-refractivity contribution in [2.75, 3.05) is 52.9 Å². The maximum Gasteiger partial charge on any atom is 0.290 e. The van der Waals surface area contributed by atoms with Crippen molar-refractivity contribution in [1.29, 1.82) is 0 Å². The van der Waals surface area contributed by atoms with Crippen molar-refractivity contribution in [3.05, 3.63) is 0 Å². The number of nitrogens with zero attached hydrogens (tertiary/aromatic N) is 3. The number of amides is 1. The number of β-amino-alcohol motifs (C(OH)–C–C–N with tert-alkyl or cyclic N) is 1. The van der Waals surface area contributed by atoms with E-state index < -0.39 is 12.2 Å². The van der Waals surface area contributed by atoms with E-state index in [1.165, 1.54) is 0 Å². The second-order valence-electron chi connectivity index (χ2n) is 5.80. The summed E-state index contributed by atoms with van der Waals surface area (Å²) < 4.78 is 0. The lowest BCUT2D eigenvalue weighted by Crippen LogP contribution is -2.51. The molecule has 0 aromatic heterocycles. The summed E-state index contributed by atoms with van der Waals surface area (Å²) in [6.45, 7) is 4.93. The molecule has 2 saturated heterocycles. The molecule has 0 saturated carbocycles. The van der Waals surface area contributed by atoms with E-state index in [2.05, 4.69) is 16.8 Å². The van der Waals surface area contributed by atoms with Crippen LogP contribution in [0.25, 0.3) is 0 Å². The van der Waals surface area contributed by atoms with Crippen molar-refractivity contribution >= 4 is 12.4 Å². The summed E-state index contributed by atoms with van der Waals surface area (Å²) in [5.74, 6) is 0.0653. The predicted octanol–water partition coefficient (Wildman–Crippen LogP) is -1.72. The number of carbonyl (C=O) groups is 2. The summed E-state index contributed by atoms with van der Waals surface area (Å²) >= 11 is 0. The Morgan fingerprint density at radius 2 is 1.82 bits per heavy atom. The first-order valence-electron chi connectivity index (χ1n) is 7.60. The van der Waals surface area contributed by atoms with Gasteiger partial charge in [0, 0.05) is 26.2 Å². The molecule has 0 aromatic rings. The highest BCUT2D eigenvalue weighted by atomic mass is 16.3. The number of carbonyl (C=O) groups excluding carboxylic acids is 1. The third-order valence-electron chi connectivity index (χ3n) is 4.07. The van der Waals surface area contributed by atoms with E-state index >= 15 is 0 Å². The van der Waals surface area contributed by atoms with Gasteiger partial charge >= 0.3 is 0 Å². The number of aliphatic hydroxyl groups excluding tert-OH is 2. The summed E-state index contributed by atoms with van der Waals surface area (Å²) in [4.78, 5) is 26.7. The fraction of sp³-hybridized carbons (Fsp3) is 0.857. The number of likely N-dealkylation sites (tertiary alicyclic amines) is 1. The number of rotatable bonds is 2. The molecule has 2 heterocycles. The van der Waals surface area contributed by atoms with Crippen molar-refractivity contribution in [2.45, 2.75) is 25.0 Å². The van der Waals surface area contributed by atoms with Gasteiger partial charge in [-0.3, -0.25) is 14.5 Å². The van der Waals surface area contributed by atoms with Gasteiger partial charge in [0.1, 0.15) is 0 Å². The molecule has 8 heteroatoms. The molecule has 3 N–H and O–H groups in total. The Kier molecular flexibility index (Phi) is 8.32. The Morgan fingerprint density at radius 3 is 2.45 bits per heavy atom. The van der Waals surface area contributed by atoms with Crippen LogP contribution in [0, 0.1) is 0 Å². The Bertz CT molecular complexity index is 355. The maximum absolute atomic E-state index is 12.2. The van der Waals surface area contributed by atoms with Crippen LogP contribution in [0.1, 0.15) is 12.8 Å². The van der Waals surface area contributed by atoms with Gasteiger partial charge in [-0.1, -0.05) is 0 Å². The number of piperidine rings is 1. The van der Waals surface area contributed by atoms with Gasteiger partial charge in [-0.25, -0.2) is 0 Å². The predicted molar refractivity (Wildman–Crippen MR) is 80.5 cm³/mol. The molecule has 0 radical (unpaired) electrons. The summed E-state index contributed by atoms with van der Waals surface area (Å²) in [5.41, 5.74) is 0. The number of hydrogen-bond acceptors (Lipinski definition) is 6. The van der Waals surface area contributed by atoms with E-state index in [1.807, 2.05) is 0 Å². The molecule has 2 aliphatic rings. The van der Waals surface area contributed by atoms with Crippen LogP contribution in [0.15, 0.2) is 0 Å². The van der Waals surface area contributed by atoms with Gasteiger partial charge in [-0.05, 0) is 33.0 Å². The topological polar surface area (TPSA) is 105 Å². The minimum absolute atomic E-state index is 0.0653. The molecule has 0 spiro atoms. The zero-order valence-electron chi connectivity index (χ0n) is 13.1. The third-order valence-corrected chi connectivity index (χ3v) is 4.07. The number of aliphatic hydroxyl groups is 2. The largest absolute Gasteiger partial charge is 0.483 e. The molecule has 128 valence electrons. The van der Waals surface area contributed by atoms with E-state index in [0.717, 1.165) is 32.6 Å². The average molecular weight is 317 g/mol. The highest BCUT2D eigenvalue weighted by Gasteiger charge is 2.29. The number of hydrogen-bond donors (Lipinski definition) is 3. The Morgan fingerprint density at radius 1 is 1.14 bits per heavy atom. The van der Waals surface area contributed by atoms with Crippen LogP contribution >= 0.6 is 0 Å². The standard InChI is InChI=1S/C13H25N3O3.CH2O2/c1-14-4-2-5-15(8-7-14)10-13(19)16-6-3-11(17)12(18)9-16;2-1-3/h11-12,17-18H,2-10H2,1H3;1H,(H,2,3)/t11-,12-;/m0./s1. The Balaban J connectivity index is 0.000000745. The van der Waals surface area contributed by atoms with E-state index in [9.17, 15) is 15.0 Å². The minimum Gasteiger partial charge on any atom is -0.483 e. The molecule has 2 rings (SSSR count). The zero-order valence-corrected chi connectivity index (χ0v) is 13.1. The molecular formula is C14H27N3O5. The first-order chi connectivity index (χ1) is 10.5. The van der Waals surface area contributed by atoms with Crippen molar-refractivity contribution in [2.24, 2.45) is 0 Å². The van der Waals surface area contributed by atoms with Crippen LogP contribution in [0.5, 0.6) is 0 Å². The highest BCUT2D eigenvalue weighted by molar-refractivity contribution is 5.78. The first kappa shape index (κ1) is 18.8. The lowest BCUT2D eigenvalue weighted by molar-refractivity contribution is -0.138. The third kappa shape index (κ3) is 6.27. The molecule has 8 nitrogen and oxygen atoms in total. The van der Waals surface area contributed by atoms with Crippen LogP contribution in [0.2, 0.25) is 0 Å². The molecule has 1 amide bonds. The van der Waals surface area contributed by atoms with Gasteiger partial charge in [0.05, 0.1) is 18.8 Å². The minimum atomic E-state index is -0.798. The summed E-state index contributed by atoms with van der Waals surface area (Å²) in [7, 11) is 2.10. The number of likely N-dealkylation sites (N-methyl/N-ethyl adjacent to an activating group) is 1.